The fourth-order valence-corrected chi connectivity index (χ4v) is 5.59. The van der Waals surface area contributed by atoms with Crippen LogP contribution in [0.15, 0.2) is 11.5 Å². The Kier molecular flexibility index (Phi) is 8.41. The predicted octanol–water partition coefficient (Wildman–Crippen LogP) is 1.77. The zero-order valence-corrected chi connectivity index (χ0v) is 15.8. The summed E-state index contributed by atoms with van der Waals surface area (Å²) in [6, 6.07) is 0. The Balaban J connectivity index is 1.85. The summed E-state index contributed by atoms with van der Waals surface area (Å²) in [4.78, 5) is 23.9. The molecular weight excluding hydrogens is 368 g/mol. The van der Waals surface area contributed by atoms with Gasteiger partial charge in [0.25, 0.3) is 5.76 Å². The molecule has 25 heavy (non-hydrogen) atoms. The molecule has 142 valence electrons. The number of hydrogen-bond acceptors (Lipinski definition) is 9. The van der Waals surface area contributed by atoms with E-state index in [1.807, 2.05) is 21.6 Å². The lowest BCUT2D eigenvalue weighted by molar-refractivity contribution is -0.153. The molecule has 0 amide bonds. The molecule has 7 nitrogen and oxygen atoms in total. The van der Waals surface area contributed by atoms with E-state index in [-0.39, 0.29) is 24.5 Å². The van der Waals surface area contributed by atoms with Crippen LogP contribution in [0.2, 0.25) is 0 Å². The highest BCUT2D eigenvalue weighted by molar-refractivity contribution is 8.77. The molecule has 0 bridgehead atoms. The lowest BCUT2D eigenvalue weighted by Gasteiger charge is -2.17. The van der Waals surface area contributed by atoms with E-state index in [1.54, 1.807) is 6.92 Å². The van der Waals surface area contributed by atoms with E-state index in [2.05, 4.69) is 0 Å². The Labute approximate surface area is 154 Å². The first-order chi connectivity index (χ1) is 12.1. The molecule has 0 spiro atoms. The third-order valence-corrected chi connectivity index (χ3v) is 6.84. The molecule has 9 heteroatoms. The summed E-state index contributed by atoms with van der Waals surface area (Å²) in [7, 11) is 3.80. The monoisotopic (exact) mass is 392 g/mol. The molecule has 2 aliphatic rings. The standard InChI is InChI=1S/C16H24O7S2/c1-2-21-14-13(11(18)9-17)23-16(20)15(14)22-12(19)6-4-3-5-10-7-8-24-25-10/h10-11,13,17-18H,2-9H2,1H3/t10?,11-,13+/m0/s1. The van der Waals surface area contributed by atoms with Crippen molar-refractivity contribution in [3.8, 4) is 0 Å². The number of carbonyl (C=O) groups is 2. The van der Waals surface area contributed by atoms with Crippen LogP contribution >= 0.6 is 21.6 Å². The second kappa shape index (κ2) is 10.3. The number of aliphatic hydroxyl groups excluding tert-OH is 2. The van der Waals surface area contributed by atoms with Gasteiger partial charge in [0.2, 0.25) is 0 Å². The largest absolute Gasteiger partial charge is 0.490 e. The molecule has 2 rings (SSSR count). The van der Waals surface area contributed by atoms with Crippen molar-refractivity contribution in [2.45, 2.75) is 56.5 Å². The maximum atomic E-state index is 12.0. The normalized spacial score (nSPS) is 24.4. The van der Waals surface area contributed by atoms with Crippen LogP contribution in [0, 0.1) is 0 Å². The van der Waals surface area contributed by atoms with Gasteiger partial charge in [0, 0.05) is 17.4 Å². The highest BCUT2D eigenvalue weighted by atomic mass is 33.1. The first kappa shape index (κ1) is 20.4. The van der Waals surface area contributed by atoms with Crippen LogP contribution in [0.3, 0.4) is 0 Å². The number of rotatable bonds is 10. The SMILES string of the molecule is CCOC1=C(OC(=O)CCCCC2CCSS2)C(=O)O[C@@H]1[C@@H](O)CO. The molecule has 2 N–H and O–H groups in total. The molecule has 2 heterocycles. The van der Waals surface area contributed by atoms with Crippen LogP contribution in [0.5, 0.6) is 0 Å². The van der Waals surface area contributed by atoms with Crippen molar-refractivity contribution in [1.82, 2.24) is 0 Å². The first-order valence-electron chi connectivity index (χ1n) is 8.42. The Morgan fingerprint density at radius 2 is 2.24 bits per heavy atom. The van der Waals surface area contributed by atoms with Crippen molar-refractivity contribution in [3.63, 3.8) is 0 Å². The van der Waals surface area contributed by atoms with E-state index >= 15 is 0 Å². The van der Waals surface area contributed by atoms with Crippen LogP contribution < -0.4 is 0 Å². The van der Waals surface area contributed by atoms with Crippen LogP contribution in [0.4, 0.5) is 0 Å². The molecule has 0 aromatic rings. The third-order valence-electron chi connectivity index (χ3n) is 3.84. The summed E-state index contributed by atoms with van der Waals surface area (Å²) in [5.74, 6) is -0.575. The van der Waals surface area contributed by atoms with Gasteiger partial charge in [-0.05, 0) is 26.2 Å². The van der Waals surface area contributed by atoms with Crippen molar-refractivity contribution in [3.05, 3.63) is 11.5 Å². The van der Waals surface area contributed by atoms with E-state index in [1.165, 1.54) is 12.2 Å². The van der Waals surface area contributed by atoms with Gasteiger partial charge in [-0.15, -0.1) is 0 Å². The Morgan fingerprint density at radius 1 is 1.44 bits per heavy atom. The number of ether oxygens (including phenoxy) is 3. The van der Waals surface area contributed by atoms with Crippen molar-refractivity contribution in [2.24, 2.45) is 0 Å². The van der Waals surface area contributed by atoms with Crippen LogP contribution in [-0.2, 0) is 23.8 Å². The minimum absolute atomic E-state index is 0.0400. The van der Waals surface area contributed by atoms with Gasteiger partial charge in [0.15, 0.2) is 11.9 Å². The van der Waals surface area contributed by atoms with Crippen LogP contribution in [0.25, 0.3) is 0 Å². The topological polar surface area (TPSA) is 102 Å². The summed E-state index contributed by atoms with van der Waals surface area (Å²) in [6.07, 6.45) is 1.63. The van der Waals surface area contributed by atoms with Crippen molar-refractivity contribution < 1.29 is 34.0 Å². The minimum atomic E-state index is -1.33. The van der Waals surface area contributed by atoms with Gasteiger partial charge < -0.3 is 24.4 Å². The molecule has 3 atom stereocenters. The second-order valence-corrected chi connectivity index (χ2v) is 8.54. The van der Waals surface area contributed by atoms with Gasteiger partial charge in [0.1, 0.15) is 6.10 Å². The molecule has 1 saturated heterocycles. The fourth-order valence-electron chi connectivity index (χ4n) is 2.57. The smallest absolute Gasteiger partial charge is 0.378 e. The maximum absolute atomic E-state index is 12.0. The van der Waals surface area contributed by atoms with Gasteiger partial charge in [-0.3, -0.25) is 4.79 Å². The Morgan fingerprint density at radius 3 is 2.88 bits per heavy atom. The molecule has 1 unspecified atom stereocenters. The summed E-state index contributed by atoms with van der Waals surface area (Å²) in [5.41, 5.74) is 0. The molecule has 2 aliphatic heterocycles. The summed E-state index contributed by atoms with van der Waals surface area (Å²) >= 11 is 0. The molecule has 0 aromatic carbocycles. The first-order valence-corrected chi connectivity index (χ1v) is 10.8. The van der Waals surface area contributed by atoms with Gasteiger partial charge in [-0.1, -0.05) is 28.0 Å². The summed E-state index contributed by atoms with van der Waals surface area (Å²) < 4.78 is 15.4. The van der Waals surface area contributed by atoms with Crippen LogP contribution in [0.1, 0.15) is 39.0 Å². The van der Waals surface area contributed by atoms with Gasteiger partial charge in [-0.2, -0.15) is 0 Å². The third kappa shape index (κ3) is 5.80. The lowest BCUT2D eigenvalue weighted by atomic mass is 10.1. The summed E-state index contributed by atoms with van der Waals surface area (Å²) in [5, 5.41) is 19.4. The van der Waals surface area contributed by atoms with E-state index in [4.69, 9.17) is 19.3 Å². The quantitative estimate of drug-likeness (QED) is 0.327. The number of esters is 2. The summed E-state index contributed by atoms with van der Waals surface area (Å²) in [6.45, 7) is 1.29. The fraction of sp³-hybridized carbons (Fsp3) is 0.750. The van der Waals surface area contributed by atoms with Crippen molar-refractivity contribution >= 4 is 33.5 Å². The number of aliphatic hydroxyl groups is 2. The maximum Gasteiger partial charge on any atom is 0.378 e. The van der Waals surface area contributed by atoms with Gasteiger partial charge >= 0.3 is 11.9 Å². The van der Waals surface area contributed by atoms with Crippen molar-refractivity contribution in [1.29, 1.82) is 0 Å². The van der Waals surface area contributed by atoms with Crippen molar-refractivity contribution in [2.75, 3.05) is 19.0 Å². The van der Waals surface area contributed by atoms with E-state index in [0.29, 0.717) is 11.7 Å². The predicted molar refractivity (Wildman–Crippen MR) is 94.6 cm³/mol. The van der Waals surface area contributed by atoms with Crippen LogP contribution in [-0.4, -0.2) is 58.6 Å². The number of cyclic esters (lactones) is 1. The molecule has 0 aliphatic carbocycles. The molecule has 0 saturated carbocycles. The Hall–Kier alpha value is -0.900. The zero-order chi connectivity index (χ0) is 18.2. The Bertz CT molecular complexity index is 503. The van der Waals surface area contributed by atoms with E-state index in [9.17, 15) is 14.7 Å². The minimum Gasteiger partial charge on any atom is -0.490 e. The van der Waals surface area contributed by atoms with E-state index in [0.717, 1.165) is 12.8 Å². The lowest BCUT2D eigenvalue weighted by Crippen LogP contribution is -2.32. The number of unbranched alkanes of at least 4 members (excludes halogenated alkanes) is 1. The van der Waals surface area contributed by atoms with Gasteiger partial charge in [0.05, 0.1) is 13.2 Å². The zero-order valence-electron chi connectivity index (χ0n) is 14.1. The molecule has 1 fully saturated rings. The highest BCUT2D eigenvalue weighted by Crippen LogP contribution is 2.39. The number of hydrogen-bond donors (Lipinski definition) is 2. The molecular formula is C16H24O7S2. The number of carbonyl (C=O) groups excluding carboxylic acids is 2. The second-order valence-electron chi connectivity index (χ2n) is 5.75. The van der Waals surface area contributed by atoms with Gasteiger partial charge in [-0.25, -0.2) is 4.79 Å². The average Bonchev–Trinajstić information content (AvgIpc) is 3.21. The highest BCUT2D eigenvalue weighted by Gasteiger charge is 2.42. The van der Waals surface area contributed by atoms with E-state index < -0.39 is 30.8 Å². The molecule has 0 radical (unpaired) electrons. The molecule has 0 aromatic heterocycles. The average molecular weight is 392 g/mol.